The molecule has 0 amide bonds. The van der Waals surface area contributed by atoms with Crippen LogP contribution < -0.4 is 10.2 Å². The zero-order valence-corrected chi connectivity index (χ0v) is 13.9. The summed E-state index contributed by atoms with van der Waals surface area (Å²) in [5.74, 6) is 0.947. The van der Waals surface area contributed by atoms with Crippen LogP contribution in [0, 0.1) is 5.82 Å². The molecule has 1 atom stereocenters. The van der Waals surface area contributed by atoms with Gasteiger partial charge in [0.15, 0.2) is 0 Å². The van der Waals surface area contributed by atoms with Crippen LogP contribution in [0.25, 0.3) is 0 Å². The summed E-state index contributed by atoms with van der Waals surface area (Å²) in [6.07, 6.45) is 4.24. The fraction of sp³-hybridized carbons (Fsp3) is 0.625. The average molecular weight is 298 g/mol. The molecule has 1 N–H and O–H groups in total. The van der Waals surface area contributed by atoms with Gasteiger partial charge in [-0.2, -0.15) is 11.8 Å². The highest BCUT2D eigenvalue weighted by Crippen LogP contribution is 2.25. The van der Waals surface area contributed by atoms with Gasteiger partial charge in [0.25, 0.3) is 0 Å². The number of anilines is 1. The van der Waals surface area contributed by atoms with Crippen molar-refractivity contribution in [3.05, 3.63) is 29.6 Å². The van der Waals surface area contributed by atoms with E-state index in [1.165, 1.54) is 0 Å². The number of benzene rings is 1. The van der Waals surface area contributed by atoms with Crippen molar-refractivity contribution >= 4 is 17.4 Å². The van der Waals surface area contributed by atoms with E-state index in [-0.39, 0.29) is 5.82 Å². The van der Waals surface area contributed by atoms with Gasteiger partial charge in [-0.05, 0) is 37.8 Å². The molecule has 1 aromatic rings. The number of hydrogen-bond acceptors (Lipinski definition) is 3. The van der Waals surface area contributed by atoms with Crippen LogP contribution in [0.1, 0.15) is 32.3 Å². The predicted molar refractivity (Wildman–Crippen MR) is 89.3 cm³/mol. The Kier molecular flexibility index (Phi) is 8.00. The number of thioether (sulfide) groups is 1. The number of nitrogens with zero attached hydrogens (tertiary/aromatic N) is 1. The Balaban J connectivity index is 2.94. The average Bonchev–Trinajstić information content (AvgIpc) is 2.46. The Labute approximate surface area is 127 Å². The molecule has 0 heterocycles. The van der Waals surface area contributed by atoms with Gasteiger partial charge in [-0.15, -0.1) is 0 Å². The maximum Gasteiger partial charge on any atom is 0.129 e. The summed E-state index contributed by atoms with van der Waals surface area (Å²) in [6.45, 7) is 5.81. The fourth-order valence-electron chi connectivity index (χ4n) is 2.34. The Bertz CT molecular complexity index is 398. The van der Waals surface area contributed by atoms with Gasteiger partial charge in [0.1, 0.15) is 5.82 Å². The number of nitrogens with one attached hydrogen (secondary N) is 1. The van der Waals surface area contributed by atoms with E-state index in [9.17, 15) is 4.39 Å². The Morgan fingerprint density at radius 3 is 2.70 bits per heavy atom. The number of halogens is 1. The van der Waals surface area contributed by atoms with Gasteiger partial charge in [0, 0.05) is 36.6 Å². The monoisotopic (exact) mass is 298 g/mol. The van der Waals surface area contributed by atoms with E-state index in [1.54, 1.807) is 12.1 Å². The molecule has 0 bridgehead atoms. The Morgan fingerprint density at radius 1 is 1.35 bits per heavy atom. The topological polar surface area (TPSA) is 15.3 Å². The highest BCUT2D eigenvalue weighted by Gasteiger charge is 2.17. The molecule has 114 valence electrons. The van der Waals surface area contributed by atoms with Crippen molar-refractivity contribution in [3.63, 3.8) is 0 Å². The molecule has 0 fully saturated rings. The van der Waals surface area contributed by atoms with E-state index in [4.69, 9.17) is 0 Å². The molecule has 0 aliphatic carbocycles. The van der Waals surface area contributed by atoms with Crippen molar-refractivity contribution in [2.24, 2.45) is 0 Å². The summed E-state index contributed by atoms with van der Waals surface area (Å²) in [5.41, 5.74) is 1.79. The van der Waals surface area contributed by atoms with Gasteiger partial charge in [-0.3, -0.25) is 0 Å². The van der Waals surface area contributed by atoms with Crippen LogP contribution in [0.4, 0.5) is 10.1 Å². The minimum absolute atomic E-state index is 0.114. The van der Waals surface area contributed by atoms with Crippen molar-refractivity contribution in [2.75, 3.05) is 30.5 Å². The van der Waals surface area contributed by atoms with E-state index >= 15 is 0 Å². The second-order valence-electron chi connectivity index (χ2n) is 5.04. The molecular formula is C16H27FN2S. The first kappa shape index (κ1) is 17.3. The fourth-order valence-corrected chi connectivity index (χ4v) is 3.18. The van der Waals surface area contributed by atoms with Crippen LogP contribution >= 0.6 is 11.8 Å². The van der Waals surface area contributed by atoms with Crippen molar-refractivity contribution in [3.8, 4) is 0 Å². The molecule has 1 rings (SSSR count). The predicted octanol–water partition coefficient (Wildman–Crippen LogP) is 3.90. The first-order valence-electron chi connectivity index (χ1n) is 7.35. The molecule has 2 nitrogen and oxygen atoms in total. The number of rotatable bonds is 9. The quantitative estimate of drug-likeness (QED) is 0.696. The van der Waals surface area contributed by atoms with Crippen LogP contribution in [-0.2, 0) is 6.54 Å². The standard InChI is InChI=1S/C16H27FN2S/c1-5-10-18-11-14-15(17)8-7-9-16(14)19(3)13(6-2)12-20-4/h7-9,13,18H,5-6,10-12H2,1-4H3. The normalized spacial score (nSPS) is 12.4. The van der Waals surface area contributed by atoms with E-state index < -0.39 is 0 Å². The largest absolute Gasteiger partial charge is 0.370 e. The molecule has 4 heteroatoms. The smallest absolute Gasteiger partial charge is 0.129 e. The third kappa shape index (κ3) is 4.67. The lowest BCUT2D eigenvalue weighted by molar-refractivity contribution is 0.581. The lowest BCUT2D eigenvalue weighted by atomic mass is 10.1. The van der Waals surface area contributed by atoms with Gasteiger partial charge < -0.3 is 10.2 Å². The van der Waals surface area contributed by atoms with E-state index in [2.05, 4.69) is 37.4 Å². The van der Waals surface area contributed by atoms with Gasteiger partial charge >= 0.3 is 0 Å². The lowest BCUT2D eigenvalue weighted by Gasteiger charge is -2.31. The van der Waals surface area contributed by atoms with E-state index in [1.807, 2.05) is 17.8 Å². The maximum atomic E-state index is 14.1. The van der Waals surface area contributed by atoms with Crippen molar-refractivity contribution in [2.45, 2.75) is 39.3 Å². The molecule has 0 aromatic heterocycles. The zero-order chi connectivity index (χ0) is 15.0. The van der Waals surface area contributed by atoms with Crippen LogP contribution in [-0.4, -0.2) is 31.6 Å². The van der Waals surface area contributed by atoms with E-state index in [0.717, 1.165) is 36.4 Å². The van der Waals surface area contributed by atoms with Crippen LogP contribution in [0.5, 0.6) is 0 Å². The van der Waals surface area contributed by atoms with Gasteiger partial charge in [-0.25, -0.2) is 4.39 Å². The number of hydrogen-bond donors (Lipinski definition) is 1. The summed E-state index contributed by atoms with van der Waals surface area (Å²) in [4.78, 5) is 2.22. The summed E-state index contributed by atoms with van der Waals surface area (Å²) >= 11 is 1.84. The van der Waals surface area contributed by atoms with Crippen molar-refractivity contribution < 1.29 is 4.39 Å². The summed E-state index contributed by atoms with van der Waals surface area (Å²) in [7, 11) is 2.07. The highest BCUT2D eigenvalue weighted by atomic mass is 32.2. The minimum atomic E-state index is -0.114. The third-order valence-electron chi connectivity index (χ3n) is 3.58. The molecule has 1 unspecified atom stereocenters. The van der Waals surface area contributed by atoms with Gasteiger partial charge in [-0.1, -0.05) is 19.9 Å². The molecule has 0 aliphatic heterocycles. The first-order valence-corrected chi connectivity index (χ1v) is 8.74. The van der Waals surface area contributed by atoms with Crippen molar-refractivity contribution in [1.29, 1.82) is 0 Å². The van der Waals surface area contributed by atoms with Gasteiger partial charge in [0.2, 0.25) is 0 Å². The molecule has 0 saturated carbocycles. The molecule has 0 radical (unpaired) electrons. The van der Waals surface area contributed by atoms with Crippen molar-refractivity contribution in [1.82, 2.24) is 5.32 Å². The van der Waals surface area contributed by atoms with Crippen LogP contribution in [0.2, 0.25) is 0 Å². The SMILES string of the molecule is CCCNCc1c(F)cccc1N(C)C(CC)CSC. The van der Waals surface area contributed by atoms with Crippen LogP contribution in [0.3, 0.4) is 0 Å². The second-order valence-corrected chi connectivity index (χ2v) is 5.95. The highest BCUT2D eigenvalue weighted by molar-refractivity contribution is 7.98. The lowest BCUT2D eigenvalue weighted by Crippen LogP contribution is -2.34. The Morgan fingerprint density at radius 2 is 2.10 bits per heavy atom. The third-order valence-corrected chi connectivity index (χ3v) is 4.30. The van der Waals surface area contributed by atoms with Gasteiger partial charge in [0.05, 0.1) is 0 Å². The molecule has 1 aromatic carbocycles. The first-order chi connectivity index (χ1) is 9.65. The molecule has 0 aliphatic rings. The summed E-state index contributed by atoms with van der Waals surface area (Å²) in [6, 6.07) is 5.82. The van der Waals surface area contributed by atoms with E-state index in [0.29, 0.717) is 12.6 Å². The maximum absolute atomic E-state index is 14.1. The summed E-state index contributed by atoms with van der Waals surface area (Å²) < 4.78 is 14.1. The molecule has 0 spiro atoms. The zero-order valence-electron chi connectivity index (χ0n) is 13.1. The summed E-state index contributed by atoms with van der Waals surface area (Å²) in [5, 5.41) is 3.30. The molecule has 0 saturated heterocycles. The second kappa shape index (κ2) is 9.24. The molecule has 20 heavy (non-hydrogen) atoms. The minimum Gasteiger partial charge on any atom is -0.370 e. The molecular weight excluding hydrogens is 271 g/mol. The van der Waals surface area contributed by atoms with Crippen LogP contribution in [0.15, 0.2) is 18.2 Å². The Hall–Kier alpha value is -0.740.